The highest BCUT2D eigenvalue weighted by Gasteiger charge is 2.19. The summed E-state index contributed by atoms with van der Waals surface area (Å²) in [4.78, 5) is 23.5. The van der Waals surface area contributed by atoms with Crippen molar-refractivity contribution in [1.29, 1.82) is 0 Å². The normalized spacial score (nSPS) is 10.2. The molecule has 0 fully saturated rings. The molecular weight excluding hydrogens is 294 g/mol. The third-order valence-electron chi connectivity index (χ3n) is 2.35. The highest BCUT2D eigenvalue weighted by atomic mass is 35.5. The number of carboxylic acid groups (broad SMARTS) is 1. The zero-order valence-electron chi connectivity index (χ0n) is 10.6. The van der Waals surface area contributed by atoms with Crippen molar-refractivity contribution in [2.75, 3.05) is 18.4 Å². The Bertz CT molecular complexity index is 502. The first-order valence-electron chi connectivity index (χ1n) is 5.77. The van der Waals surface area contributed by atoms with E-state index in [1.54, 1.807) is 6.92 Å². The number of hydrogen-bond acceptors (Lipinski definition) is 2. The van der Waals surface area contributed by atoms with Crippen LogP contribution in [-0.4, -0.2) is 35.1 Å². The molecule has 0 saturated carbocycles. The molecule has 0 heterocycles. The van der Waals surface area contributed by atoms with Gasteiger partial charge in [-0.25, -0.2) is 13.6 Å². The first kappa shape index (κ1) is 16.2. The minimum Gasteiger partial charge on any atom is -0.480 e. The van der Waals surface area contributed by atoms with E-state index in [4.69, 9.17) is 16.7 Å². The van der Waals surface area contributed by atoms with Crippen LogP contribution in [0.25, 0.3) is 0 Å². The lowest BCUT2D eigenvalue weighted by Crippen LogP contribution is -2.39. The monoisotopic (exact) mass is 306 g/mol. The highest BCUT2D eigenvalue weighted by molar-refractivity contribution is 6.33. The van der Waals surface area contributed by atoms with Gasteiger partial charge in [-0.1, -0.05) is 18.5 Å². The van der Waals surface area contributed by atoms with Crippen LogP contribution >= 0.6 is 11.6 Å². The molecule has 1 aromatic carbocycles. The summed E-state index contributed by atoms with van der Waals surface area (Å²) in [5.74, 6) is -3.10. The smallest absolute Gasteiger partial charge is 0.323 e. The molecule has 0 unspecified atom stereocenters. The van der Waals surface area contributed by atoms with Gasteiger partial charge < -0.3 is 15.3 Å². The molecule has 0 aliphatic rings. The number of anilines is 1. The molecule has 0 saturated heterocycles. The molecule has 110 valence electrons. The average Bonchev–Trinajstić information content (AvgIpc) is 2.32. The van der Waals surface area contributed by atoms with Crippen LogP contribution in [-0.2, 0) is 4.79 Å². The summed E-state index contributed by atoms with van der Waals surface area (Å²) in [7, 11) is 0. The largest absolute Gasteiger partial charge is 0.480 e. The molecule has 8 heteroatoms. The number of benzene rings is 1. The number of halogens is 3. The first-order chi connectivity index (χ1) is 9.35. The number of urea groups is 1. The molecule has 2 amide bonds. The number of carbonyl (C=O) groups excluding carboxylic acids is 1. The third kappa shape index (κ3) is 4.34. The lowest BCUT2D eigenvalue weighted by molar-refractivity contribution is -0.137. The second-order valence-corrected chi connectivity index (χ2v) is 4.40. The van der Waals surface area contributed by atoms with Gasteiger partial charge in [0.25, 0.3) is 0 Å². The molecule has 1 rings (SSSR count). The fraction of sp³-hybridized carbons (Fsp3) is 0.333. The summed E-state index contributed by atoms with van der Waals surface area (Å²) in [6, 6.07) is 0.603. The van der Waals surface area contributed by atoms with Gasteiger partial charge in [0.2, 0.25) is 0 Å². The average molecular weight is 307 g/mol. The van der Waals surface area contributed by atoms with Crippen molar-refractivity contribution >= 4 is 29.3 Å². The Kier molecular flexibility index (Phi) is 5.69. The van der Waals surface area contributed by atoms with Gasteiger partial charge in [0.05, 0.1) is 10.7 Å². The van der Waals surface area contributed by atoms with Gasteiger partial charge >= 0.3 is 12.0 Å². The molecule has 0 aromatic heterocycles. The van der Waals surface area contributed by atoms with Gasteiger partial charge in [0, 0.05) is 12.6 Å². The Balaban J connectivity index is 2.90. The predicted molar refractivity (Wildman–Crippen MR) is 69.9 cm³/mol. The maximum Gasteiger partial charge on any atom is 0.323 e. The van der Waals surface area contributed by atoms with Gasteiger partial charge in [-0.2, -0.15) is 0 Å². The fourth-order valence-electron chi connectivity index (χ4n) is 1.53. The van der Waals surface area contributed by atoms with E-state index < -0.39 is 30.2 Å². The van der Waals surface area contributed by atoms with Gasteiger partial charge in [0.1, 0.15) is 12.4 Å². The zero-order chi connectivity index (χ0) is 15.3. The maximum absolute atomic E-state index is 13.5. The minimum absolute atomic E-state index is 0.179. The summed E-state index contributed by atoms with van der Waals surface area (Å²) in [6.07, 6.45) is 0.528. The Morgan fingerprint density at radius 1 is 1.40 bits per heavy atom. The Morgan fingerprint density at radius 3 is 2.55 bits per heavy atom. The number of nitrogens with zero attached hydrogens (tertiary/aromatic N) is 1. The van der Waals surface area contributed by atoms with E-state index in [2.05, 4.69) is 5.32 Å². The standard InChI is InChI=1S/C12H13ClF2N2O3/c1-2-3-17(6-10(18)19)12(20)16-11-8(13)4-7(14)5-9(11)15/h4-5H,2-3,6H2,1H3,(H,16,20)(H,18,19). The lowest BCUT2D eigenvalue weighted by Gasteiger charge is -2.21. The molecule has 0 aliphatic carbocycles. The van der Waals surface area contributed by atoms with Crippen LogP contribution in [0.3, 0.4) is 0 Å². The van der Waals surface area contributed by atoms with Gasteiger partial charge in [-0.3, -0.25) is 4.79 Å². The summed E-state index contributed by atoms with van der Waals surface area (Å²) in [6.45, 7) is 1.41. The van der Waals surface area contributed by atoms with Crippen LogP contribution in [0, 0.1) is 11.6 Å². The molecule has 0 atom stereocenters. The molecule has 1 aromatic rings. The van der Waals surface area contributed by atoms with E-state index in [9.17, 15) is 18.4 Å². The molecule has 0 aliphatic heterocycles. The number of hydrogen-bond donors (Lipinski definition) is 2. The number of carboxylic acids is 1. The van der Waals surface area contributed by atoms with Crippen molar-refractivity contribution in [2.24, 2.45) is 0 Å². The molecule has 20 heavy (non-hydrogen) atoms. The quantitative estimate of drug-likeness (QED) is 0.878. The number of aliphatic carboxylic acids is 1. The van der Waals surface area contributed by atoms with E-state index in [0.29, 0.717) is 12.5 Å². The Morgan fingerprint density at radius 2 is 2.05 bits per heavy atom. The molecule has 0 spiro atoms. The Hall–Kier alpha value is -1.89. The Labute approximate surface area is 119 Å². The van der Waals surface area contributed by atoms with Crippen LogP contribution in [0.1, 0.15) is 13.3 Å². The van der Waals surface area contributed by atoms with Crippen molar-refractivity contribution in [3.63, 3.8) is 0 Å². The van der Waals surface area contributed by atoms with Crippen molar-refractivity contribution in [3.05, 3.63) is 28.8 Å². The number of nitrogens with one attached hydrogen (secondary N) is 1. The first-order valence-corrected chi connectivity index (χ1v) is 6.15. The lowest BCUT2D eigenvalue weighted by atomic mass is 10.3. The summed E-state index contributed by atoms with van der Waals surface area (Å²) < 4.78 is 26.4. The number of amides is 2. The van der Waals surface area contributed by atoms with E-state index in [1.165, 1.54) is 0 Å². The molecule has 0 bridgehead atoms. The predicted octanol–water partition coefficient (Wildman–Crippen LogP) is 2.95. The van der Waals surface area contributed by atoms with E-state index in [0.717, 1.165) is 11.0 Å². The number of rotatable bonds is 5. The van der Waals surface area contributed by atoms with Gasteiger partial charge in [-0.05, 0) is 12.5 Å². The van der Waals surface area contributed by atoms with Crippen LogP contribution in [0.5, 0.6) is 0 Å². The molecule has 0 radical (unpaired) electrons. The SMILES string of the molecule is CCCN(CC(=O)O)C(=O)Nc1c(F)cc(F)cc1Cl. The number of carbonyl (C=O) groups is 2. The van der Waals surface area contributed by atoms with Crippen molar-refractivity contribution in [1.82, 2.24) is 4.90 Å². The van der Waals surface area contributed by atoms with E-state index >= 15 is 0 Å². The second-order valence-electron chi connectivity index (χ2n) is 3.99. The van der Waals surface area contributed by atoms with Gasteiger partial charge in [0.15, 0.2) is 5.82 Å². The highest BCUT2D eigenvalue weighted by Crippen LogP contribution is 2.26. The summed E-state index contributed by atoms with van der Waals surface area (Å²) in [5, 5.41) is 10.5. The van der Waals surface area contributed by atoms with Gasteiger partial charge in [-0.15, -0.1) is 0 Å². The van der Waals surface area contributed by atoms with Crippen molar-refractivity contribution in [3.8, 4) is 0 Å². The molecule has 2 N–H and O–H groups in total. The summed E-state index contributed by atoms with van der Waals surface area (Å²) >= 11 is 5.64. The van der Waals surface area contributed by atoms with Crippen molar-refractivity contribution < 1.29 is 23.5 Å². The third-order valence-corrected chi connectivity index (χ3v) is 2.64. The fourth-order valence-corrected chi connectivity index (χ4v) is 1.77. The molecule has 5 nitrogen and oxygen atoms in total. The summed E-state index contributed by atoms with van der Waals surface area (Å²) in [5.41, 5.74) is -0.385. The topological polar surface area (TPSA) is 69.6 Å². The van der Waals surface area contributed by atoms with Crippen LogP contribution in [0.4, 0.5) is 19.3 Å². The zero-order valence-corrected chi connectivity index (χ0v) is 11.4. The van der Waals surface area contributed by atoms with Crippen LogP contribution in [0.2, 0.25) is 5.02 Å². The van der Waals surface area contributed by atoms with Crippen LogP contribution in [0.15, 0.2) is 12.1 Å². The van der Waals surface area contributed by atoms with E-state index in [-0.39, 0.29) is 17.3 Å². The molecular formula is C12H13ClF2N2O3. The second kappa shape index (κ2) is 7.04. The maximum atomic E-state index is 13.5. The van der Waals surface area contributed by atoms with Crippen LogP contribution < -0.4 is 5.32 Å². The van der Waals surface area contributed by atoms with Crippen molar-refractivity contribution in [2.45, 2.75) is 13.3 Å². The minimum atomic E-state index is -1.20. The van der Waals surface area contributed by atoms with E-state index in [1.807, 2.05) is 0 Å².